The van der Waals surface area contributed by atoms with Crippen LogP contribution >= 0.6 is 0 Å². The molecule has 4 heteroatoms. The molecule has 0 fully saturated rings. The summed E-state index contributed by atoms with van der Waals surface area (Å²) in [6.07, 6.45) is 4.53. The van der Waals surface area contributed by atoms with Crippen LogP contribution < -0.4 is 5.56 Å². The number of benzene rings is 1. The smallest absolute Gasteiger partial charge is 0.267 e. The van der Waals surface area contributed by atoms with Crippen LogP contribution in [0.5, 0.6) is 0 Å². The van der Waals surface area contributed by atoms with Gasteiger partial charge in [-0.2, -0.15) is 9.78 Å². The van der Waals surface area contributed by atoms with Crippen molar-refractivity contribution in [3.05, 3.63) is 86.5 Å². The van der Waals surface area contributed by atoms with Gasteiger partial charge in [0.2, 0.25) is 0 Å². The zero-order valence-corrected chi connectivity index (χ0v) is 15.5. The van der Waals surface area contributed by atoms with Gasteiger partial charge in [-0.25, -0.2) is 4.98 Å². The van der Waals surface area contributed by atoms with Crippen molar-refractivity contribution in [3.63, 3.8) is 0 Å². The predicted molar refractivity (Wildman–Crippen MR) is 103 cm³/mol. The summed E-state index contributed by atoms with van der Waals surface area (Å²) in [5.74, 6) is 1.05. The molecule has 0 N–H and O–H groups in total. The molecule has 0 bridgehead atoms. The minimum atomic E-state index is -0.0281. The molecule has 1 aromatic carbocycles. The Balaban J connectivity index is 1.69. The highest BCUT2D eigenvalue weighted by Crippen LogP contribution is 2.33. The van der Waals surface area contributed by atoms with Crippen LogP contribution in [0.2, 0.25) is 0 Å². The summed E-state index contributed by atoms with van der Waals surface area (Å²) >= 11 is 0. The lowest BCUT2D eigenvalue weighted by molar-refractivity contribution is 0.565. The Morgan fingerprint density at radius 3 is 2.73 bits per heavy atom. The van der Waals surface area contributed by atoms with Gasteiger partial charge >= 0.3 is 0 Å². The van der Waals surface area contributed by atoms with E-state index < -0.39 is 0 Å². The second-order valence-electron chi connectivity index (χ2n) is 7.30. The number of aryl methyl sites for hydroxylation is 3. The van der Waals surface area contributed by atoms with Gasteiger partial charge < -0.3 is 0 Å². The van der Waals surface area contributed by atoms with Crippen molar-refractivity contribution in [2.45, 2.75) is 46.0 Å². The molecule has 1 unspecified atom stereocenters. The van der Waals surface area contributed by atoms with Crippen molar-refractivity contribution in [3.8, 4) is 5.82 Å². The van der Waals surface area contributed by atoms with Crippen LogP contribution in [0.4, 0.5) is 0 Å². The van der Waals surface area contributed by atoms with E-state index >= 15 is 0 Å². The maximum Gasteiger partial charge on any atom is 0.276 e. The fraction of sp³-hybridized carbons (Fsp3) is 0.318. The third kappa shape index (κ3) is 2.96. The number of nitrogens with zero attached hydrogens (tertiary/aromatic N) is 3. The monoisotopic (exact) mass is 345 g/mol. The first kappa shape index (κ1) is 16.7. The molecule has 0 saturated heterocycles. The number of pyridine rings is 1. The van der Waals surface area contributed by atoms with E-state index in [0.717, 1.165) is 36.1 Å². The van der Waals surface area contributed by atoms with Gasteiger partial charge in [-0.3, -0.25) is 4.79 Å². The molecule has 0 aliphatic heterocycles. The average molecular weight is 345 g/mol. The number of fused-ring (bicyclic) bond motifs is 1. The molecule has 3 aromatic rings. The van der Waals surface area contributed by atoms with E-state index in [-0.39, 0.29) is 5.56 Å². The Morgan fingerprint density at radius 2 is 1.96 bits per heavy atom. The van der Waals surface area contributed by atoms with E-state index in [1.807, 2.05) is 31.3 Å². The van der Waals surface area contributed by atoms with Crippen molar-refractivity contribution < 1.29 is 0 Å². The topological polar surface area (TPSA) is 47.8 Å². The molecule has 0 amide bonds. The molecule has 2 heterocycles. The van der Waals surface area contributed by atoms with Crippen molar-refractivity contribution in [1.82, 2.24) is 14.8 Å². The molecule has 26 heavy (non-hydrogen) atoms. The Morgan fingerprint density at radius 1 is 1.12 bits per heavy atom. The maximum atomic E-state index is 12.9. The van der Waals surface area contributed by atoms with Gasteiger partial charge in [0.15, 0.2) is 5.82 Å². The third-order valence-corrected chi connectivity index (χ3v) is 5.33. The lowest BCUT2D eigenvalue weighted by Crippen LogP contribution is -2.30. The van der Waals surface area contributed by atoms with Crippen LogP contribution in [0, 0.1) is 20.8 Å². The third-order valence-electron chi connectivity index (χ3n) is 5.33. The molecule has 4 rings (SSSR count). The van der Waals surface area contributed by atoms with E-state index in [9.17, 15) is 4.79 Å². The molecule has 2 aromatic heterocycles. The van der Waals surface area contributed by atoms with Gasteiger partial charge in [0.25, 0.3) is 5.56 Å². The molecule has 0 spiro atoms. The minimum absolute atomic E-state index is 0.0281. The number of aromatic nitrogens is 3. The lowest BCUT2D eigenvalue weighted by atomic mass is 9.79. The van der Waals surface area contributed by atoms with Gasteiger partial charge in [0.1, 0.15) is 0 Å². The molecule has 4 nitrogen and oxygen atoms in total. The molecule has 1 aliphatic rings. The van der Waals surface area contributed by atoms with Gasteiger partial charge in [0, 0.05) is 11.3 Å². The summed E-state index contributed by atoms with van der Waals surface area (Å²) in [7, 11) is 0. The summed E-state index contributed by atoms with van der Waals surface area (Å²) in [6.45, 7) is 6.22. The summed E-state index contributed by atoms with van der Waals surface area (Å²) < 4.78 is 1.43. The minimum Gasteiger partial charge on any atom is -0.267 e. The molecular weight excluding hydrogens is 322 g/mol. The Kier molecular flexibility index (Phi) is 4.19. The summed E-state index contributed by atoms with van der Waals surface area (Å²) in [6, 6.07) is 12.3. The summed E-state index contributed by atoms with van der Waals surface area (Å²) in [5.41, 5.74) is 6.84. The molecule has 0 radical (unpaired) electrons. The van der Waals surface area contributed by atoms with Crippen LogP contribution in [0.1, 0.15) is 45.8 Å². The van der Waals surface area contributed by atoms with Crippen LogP contribution in [-0.4, -0.2) is 14.8 Å². The number of rotatable bonds is 2. The Bertz CT molecular complexity index is 1040. The fourth-order valence-electron chi connectivity index (χ4n) is 4.01. The van der Waals surface area contributed by atoms with E-state index in [2.05, 4.69) is 42.1 Å². The van der Waals surface area contributed by atoms with Gasteiger partial charge in [0.05, 0.1) is 6.20 Å². The van der Waals surface area contributed by atoms with Crippen molar-refractivity contribution >= 4 is 0 Å². The van der Waals surface area contributed by atoms with Crippen LogP contribution in [0.25, 0.3) is 5.82 Å². The highest BCUT2D eigenvalue weighted by molar-refractivity contribution is 5.37. The quantitative estimate of drug-likeness (QED) is 0.709. The average Bonchev–Trinajstić information content (AvgIpc) is 2.62. The molecule has 1 atom stereocenters. The van der Waals surface area contributed by atoms with E-state index in [4.69, 9.17) is 0 Å². The summed E-state index contributed by atoms with van der Waals surface area (Å²) in [4.78, 5) is 17.4. The first-order chi connectivity index (χ1) is 12.5. The first-order valence-corrected chi connectivity index (χ1v) is 9.14. The van der Waals surface area contributed by atoms with Crippen molar-refractivity contribution in [2.75, 3.05) is 0 Å². The second kappa shape index (κ2) is 6.52. The van der Waals surface area contributed by atoms with Gasteiger partial charge in [-0.05, 0) is 74.8 Å². The highest BCUT2D eigenvalue weighted by atomic mass is 16.1. The molecule has 0 saturated carbocycles. The maximum absolute atomic E-state index is 12.9. The molecule has 1 aliphatic carbocycles. The van der Waals surface area contributed by atoms with E-state index in [1.165, 1.54) is 21.4 Å². The largest absolute Gasteiger partial charge is 0.276 e. The molecule has 132 valence electrons. The molecular formula is C22H23N3O. The Hall–Kier alpha value is -2.75. The SMILES string of the molecule is Cc1ccc(C2CCc3c(cnn(-c4cccc(C)n4)c3=O)C2)c(C)c1. The van der Waals surface area contributed by atoms with E-state index in [1.54, 1.807) is 0 Å². The predicted octanol–water partition coefficient (Wildman–Crippen LogP) is 3.83. The first-order valence-electron chi connectivity index (χ1n) is 9.14. The standard InChI is InChI=1S/C22H23N3O/c1-14-7-9-19(15(2)11-14)17-8-10-20-18(12-17)13-23-25(22(20)26)21-6-4-5-16(3)24-21/h4-7,9,11,13,17H,8,10,12H2,1-3H3. The van der Waals surface area contributed by atoms with Gasteiger partial charge in [-0.1, -0.05) is 29.8 Å². The highest BCUT2D eigenvalue weighted by Gasteiger charge is 2.24. The van der Waals surface area contributed by atoms with Gasteiger partial charge in [-0.15, -0.1) is 0 Å². The van der Waals surface area contributed by atoms with E-state index in [0.29, 0.717) is 11.7 Å². The lowest BCUT2D eigenvalue weighted by Gasteiger charge is -2.26. The normalized spacial score (nSPS) is 16.3. The fourth-order valence-corrected chi connectivity index (χ4v) is 4.01. The van der Waals surface area contributed by atoms with Crippen LogP contribution in [0.3, 0.4) is 0 Å². The Labute approximate surface area is 153 Å². The van der Waals surface area contributed by atoms with Crippen molar-refractivity contribution in [2.24, 2.45) is 0 Å². The number of hydrogen-bond donors (Lipinski definition) is 0. The van der Waals surface area contributed by atoms with Crippen LogP contribution in [0.15, 0.2) is 47.4 Å². The summed E-state index contributed by atoms with van der Waals surface area (Å²) in [5, 5.41) is 4.41. The van der Waals surface area contributed by atoms with Crippen LogP contribution in [-0.2, 0) is 12.8 Å². The zero-order chi connectivity index (χ0) is 18.3. The second-order valence-corrected chi connectivity index (χ2v) is 7.30. The zero-order valence-electron chi connectivity index (χ0n) is 15.5. The number of hydrogen-bond acceptors (Lipinski definition) is 3. The van der Waals surface area contributed by atoms with Crippen molar-refractivity contribution in [1.29, 1.82) is 0 Å².